The number of hydrogen-bond donors (Lipinski definition) is 3. The molecule has 3 saturated carbocycles. The second kappa shape index (κ2) is 10.2. The van der Waals surface area contributed by atoms with Crippen LogP contribution >= 0.6 is 0 Å². The van der Waals surface area contributed by atoms with Crippen molar-refractivity contribution < 1.29 is 64.3 Å². The summed E-state index contributed by atoms with van der Waals surface area (Å²) in [6.45, 7) is 4.51. The van der Waals surface area contributed by atoms with Gasteiger partial charge in [-0.25, -0.2) is 0 Å². The fourth-order valence-electron chi connectivity index (χ4n) is 5.10. The summed E-state index contributed by atoms with van der Waals surface area (Å²) in [5, 5.41) is 0. The van der Waals surface area contributed by atoms with Crippen LogP contribution < -0.4 is 11.5 Å². The number of hydrogen-bond acceptors (Lipinski definition) is 5. The summed E-state index contributed by atoms with van der Waals surface area (Å²) >= 11 is 1.14. The van der Waals surface area contributed by atoms with Gasteiger partial charge < -0.3 is 11.5 Å². The van der Waals surface area contributed by atoms with E-state index >= 15 is 0 Å². The van der Waals surface area contributed by atoms with Gasteiger partial charge in [0.05, 0.1) is 5.92 Å². The maximum atomic E-state index is 13.6. The minimum absolute atomic E-state index is 0.152. The van der Waals surface area contributed by atoms with Crippen LogP contribution in [0, 0.1) is 22.7 Å². The van der Waals surface area contributed by atoms with E-state index in [1.165, 1.54) is 33.6 Å². The molecule has 0 aliphatic heterocycles. The molecule has 0 spiro atoms. The van der Waals surface area contributed by atoms with Crippen molar-refractivity contribution in [3.63, 3.8) is 0 Å². The molecule has 5 N–H and O–H groups in total. The predicted molar refractivity (Wildman–Crippen MR) is 101 cm³/mol. The number of ketones is 2. The Morgan fingerprint density at radius 3 is 1.67 bits per heavy atom. The molecule has 0 heterocycles. The Balaban J connectivity index is 0.000000454. The number of fused-ring (bicyclic) bond motifs is 2. The quantitative estimate of drug-likeness (QED) is 0.313. The molecular formula is C20H30F7N2O3Pt. The van der Waals surface area contributed by atoms with Gasteiger partial charge in [-0.1, -0.05) is 33.6 Å². The van der Waals surface area contributed by atoms with Crippen LogP contribution in [0.1, 0.15) is 59.3 Å². The van der Waals surface area contributed by atoms with E-state index in [0.717, 1.165) is 33.0 Å². The summed E-state index contributed by atoms with van der Waals surface area (Å²) in [6, 6.07) is 0.562. The summed E-state index contributed by atoms with van der Waals surface area (Å²) in [5.74, 6) is -19.2. The standard InChI is InChI=1S/C14H15F7O2.C6H14N2.H2O.Pt/c1-10(2)6-4-5-11(10,3)8(22)7(6)9(23)12(15,16)13(17,18)14(19,20)21;7-5-3-1-2-4-6(5)8;;/h6-7H,4-5H2,1-3H3;5-6H,1-4,7-8H2;1H2;/q;;;+1/p-1/t;5-,6-;;/m.1../s1. The number of carbonyl (C=O) groups excluding carboxylic acids is 2. The van der Waals surface area contributed by atoms with Crippen molar-refractivity contribution in [3.8, 4) is 0 Å². The van der Waals surface area contributed by atoms with E-state index in [4.69, 9.17) is 15.2 Å². The van der Waals surface area contributed by atoms with Crippen LogP contribution in [0.4, 0.5) is 30.7 Å². The summed E-state index contributed by atoms with van der Waals surface area (Å²) in [5.41, 5.74) is 9.20. The molecule has 3 fully saturated rings. The van der Waals surface area contributed by atoms with Crippen molar-refractivity contribution >= 4 is 11.6 Å². The fourth-order valence-corrected chi connectivity index (χ4v) is 5.10. The zero-order valence-corrected chi connectivity index (χ0v) is 20.7. The van der Waals surface area contributed by atoms with Crippen LogP contribution in [-0.4, -0.2) is 45.4 Å². The van der Waals surface area contributed by atoms with Gasteiger partial charge in [0.2, 0.25) is 5.78 Å². The number of alkyl halides is 7. The summed E-state index contributed by atoms with van der Waals surface area (Å²) in [6.07, 6.45) is -1.36. The molecule has 5 nitrogen and oxygen atoms in total. The van der Waals surface area contributed by atoms with E-state index in [-0.39, 0.29) is 24.9 Å². The Bertz CT molecular complexity index is 723. The number of halogens is 7. The third kappa shape index (κ3) is 5.04. The summed E-state index contributed by atoms with van der Waals surface area (Å²) in [7, 11) is 0. The number of Topliss-reactive ketones (excluding diaryl/α,β-unsaturated/α-hetero) is 2. The van der Waals surface area contributed by atoms with Crippen molar-refractivity contribution in [1.82, 2.24) is 0 Å². The van der Waals surface area contributed by atoms with Crippen LogP contribution in [0.25, 0.3) is 0 Å². The van der Waals surface area contributed by atoms with Crippen LogP contribution in [-0.2, 0) is 29.8 Å². The number of rotatable bonds is 3. The number of nitrogens with two attached hydrogens (primary N) is 2. The zero-order chi connectivity index (χ0) is 26.2. The van der Waals surface area contributed by atoms with Gasteiger partial charge in [0.25, 0.3) is 0 Å². The minimum atomic E-state index is -6.59. The molecule has 0 amide bonds. The fraction of sp³-hybridized carbons (Fsp3) is 0.900. The molecular weight excluding hydrogens is 644 g/mol. The Morgan fingerprint density at radius 2 is 1.36 bits per heavy atom. The zero-order valence-electron chi connectivity index (χ0n) is 18.4. The third-order valence-electron chi connectivity index (χ3n) is 7.75. The Kier molecular flexibility index (Phi) is 9.40. The van der Waals surface area contributed by atoms with Crippen LogP contribution in [0.3, 0.4) is 0 Å². The third-order valence-corrected chi connectivity index (χ3v) is 7.75. The number of carbonyl (C=O) groups is 2. The molecule has 0 aromatic carbocycles. The van der Waals surface area contributed by atoms with Gasteiger partial charge in [-0.05, 0) is 37.0 Å². The molecule has 5 atom stereocenters. The van der Waals surface area contributed by atoms with Gasteiger partial charge in [-0.2, -0.15) is 30.7 Å². The van der Waals surface area contributed by atoms with Gasteiger partial charge in [-0.3, -0.25) is 9.59 Å². The molecule has 0 aromatic rings. The summed E-state index contributed by atoms with van der Waals surface area (Å²) in [4.78, 5) is 24.1. The molecule has 33 heavy (non-hydrogen) atoms. The van der Waals surface area contributed by atoms with E-state index in [9.17, 15) is 40.3 Å². The van der Waals surface area contributed by atoms with Crippen LogP contribution in [0.15, 0.2) is 0 Å². The van der Waals surface area contributed by atoms with E-state index in [2.05, 4.69) is 0 Å². The van der Waals surface area contributed by atoms with Crippen molar-refractivity contribution in [3.05, 3.63) is 0 Å². The first-order valence-corrected chi connectivity index (χ1v) is 11.4. The molecule has 3 aliphatic carbocycles. The van der Waals surface area contributed by atoms with Gasteiger partial charge >= 0.3 is 42.0 Å². The molecule has 13 heteroatoms. The second-order valence-electron chi connectivity index (χ2n) is 9.66. The molecule has 0 saturated heterocycles. The SMILES string of the molecule is CC12CCC(C(C(=O)C(F)(F)C(F)(F)C(F)(F)F)C1=O)C2(C)C.N[C@@H]1CCCC[C@H]1N.[OH][Pt]. The average Bonchev–Trinajstić information content (AvgIpc) is 3.03. The maximum absolute atomic E-state index is 13.6. The summed E-state index contributed by atoms with van der Waals surface area (Å²) < 4.78 is 97.1. The molecule has 2 bridgehead atoms. The first kappa shape index (κ1) is 30.4. The van der Waals surface area contributed by atoms with E-state index in [1.54, 1.807) is 0 Å². The predicted octanol–water partition coefficient (Wildman–Crippen LogP) is 3.69. The van der Waals surface area contributed by atoms with Gasteiger partial charge in [0.1, 0.15) is 5.78 Å². The first-order chi connectivity index (χ1) is 14.8. The van der Waals surface area contributed by atoms with Crippen molar-refractivity contribution in [2.45, 2.75) is 89.4 Å². The molecule has 3 aliphatic rings. The second-order valence-corrected chi connectivity index (χ2v) is 9.66. The van der Waals surface area contributed by atoms with Crippen LogP contribution in [0.2, 0.25) is 0 Å². The van der Waals surface area contributed by atoms with Gasteiger partial charge in [-0.15, -0.1) is 0 Å². The van der Waals surface area contributed by atoms with Crippen molar-refractivity contribution in [2.24, 2.45) is 34.1 Å². The van der Waals surface area contributed by atoms with E-state index < -0.39 is 52.3 Å². The Morgan fingerprint density at radius 1 is 0.939 bits per heavy atom. The van der Waals surface area contributed by atoms with Gasteiger partial charge in [0, 0.05) is 17.5 Å². The molecule has 3 unspecified atom stereocenters. The van der Waals surface area contributed by atoms with Crippen molar-refractivity contribution in [1.29, 1.82) is 0 Å². The topological polar surface area (TPSA) is 106 Å². The monoisotopic (exact) mass is 674 g/mol. The first-order valence-electron chi connectivity index (χ1n) is 10.4. The molecule has 197 valence electrons. The molecule has 0 radical (unpaired) electrons. The van der Waals surface area contributed by atoms with E-state index in [1.807, 2.05) is 0 Å². The Hall–Kier alpha value is -0.582. The Labute approximate surface area is 199 Å². The van der Waals surface area contributed by atoms with Crippen molar-refractivity contribution in [2.75, 3.05) is 0 Å². The normalized spacial score (nSPS) is 33.6. The molecule has 3 rings (SSSR count). The van der Waals surface area contributed by atoms with Crippen LogP contribution in [0.5, 0.6) is 0 Å². The molecule has 0 aromatic heterocycles. The van der Waals surface area contributed by atoms with Gasteiger partial charge in [0.15, 0.2) is 0 Å². The van der Waals surface area contributed by atoms with E-state index in [0.29, 0.717) is 0 Å². The average molecular weight is 675 g/mol.